The number of hydrogen-bond acceptors (Lipinski definition) is 9. The van der Waals surface area contributed by atoms with Gasteiger partial charge in [0.15, 0.2) is 0 Å². The van der Waals surface area contributed by atoms with Gasteiger partial charge in [-0.1, -0.05) is 46.3 Å². The Kier molecular flexibility index (Phi) is 9.42. The summed E-state index contributed by atoms with van der Waals surface area (Å²) in [6, 6.07) is 15.5. The third-order valence-corrected chi connectivity index (χ3v) is 9.36. The van der Waals surface area contributed by atoms with Gasteiger partial charge in [0.25, 0.3) is 0 Å². The Balaban J connectivity index is 1.18. The van der Waals surface area contributed by atoms with E-state index in [9.17, 15) is 27.9 Å². The van der Waals surface area contributed by atoms with Gasteiger partial charge in [0, 0.05) is 41.9 Å². The molecule has 16 heteroatoms. The van der Waals surface area contributed by atoms with E-state index in [-0.39, 0.29) is 48.5 Å². The van der Waals surface area contributed by atoms with Crippen LogP contribution in [0.15, 0.2) is 71.3 Å². The summed E-state index contributed by atoms with van der Waals surface area (Å²) in [5.41, 5.74) is 6.87. The second-order valence-electron chi connectivity index (χ2n) is 12.3. The lowest BCUT2D eigenvalue weighted by atomic mass is 9.76. The maximum Gasteiger partial charge on any atom is 0.429 e. The smallest absolute Gasteiger partial charge is 0.429 e. The van der Waals surface area contributed by atoms with Crippen LogP contribution in [-0.2, 0) is 16.1 Å². The molecular formula is C33H33BrF3N7O5. The third-order valence-electron chi connectivity index (χ3n) is 8.86. The highest BCUT2D eigenvalue weighted by Gasteiger charge is 2.51. The molecule has 4 aromatic rings. The number of benzene rings is 2. The van der Waals surface area contributed by atoms with Crippen molar-refractivity contribution in [3.63, 3.8) is 0 Å². The average molecular weight is 745 g/mol. The molecule has 258 valence electrons. The van der Waals surface area contributed by atoms with Gasteiger partial charge in [-0.3, -0.25) is 4.90 Å². The number of amides is 1. The van der Waals surface area contributed by atoms with E-state index in [1.807, 2.05) is 35.2 Å². The van der Waals surface area contributed by atoms with Gasteiger partial charge < -0.3 is 25.2 Å². The Bertz CT molecular complexity index is 1830. The normalized spacial score (nSPS) is 18.0. The highest BCUT2D eigenvalue weighted by atomic mass is 79.9. The van der Waals surface area contributed by atoms with Gasteiger partial charge >= 0.3 is 18.2 Å². The lowest BCUT2D eigenvalue weighted by Crippen LogP contribution is -2.43. The summed E-state index contributed by atoms with van der Waals surface area (Å²) in [6.45, 7) is 2.71. The summed E-state index contributed by atoms with van der Waals surface area (Å²) in [5, 5.41) is 14.2. The number of rotatable bonds is 8. The maximum absolute atomic E-state index is 14.6. The van der Waals surface area contributed by atoms with Crippen LogP contribution in [0.5, 0.6) is 5.88 Å². The van der Waals surface area contributed by atoms with Gasteiger partial charge in [0.1, 0.15) is 18.5 Å². The number of carbonyl (C=O) groups is 2. The monoisotopic (exact) mass is 743 g/mol. The fourth-order valence-corrected chi connectivity index (χ4v) is 6.80. The molecule has 6 rings (SSSR count). The number of aliphatic carboxylic acids is 1. The first-order valence-corrected chi connectivity index (χ1v) is 16.2. The van der Waals surface area contributed by atoms with Crippen LogP contribution in [0.2, 0.25) is 0 Å². The lowest BCUT2D eigenvalue weighted by Gasteiger charge is -2.39. The van der Waals surface area contributed by atoms with Crippen molar-refractivity contribution in [1.29, 1.82) is 0 Å². The van der Waals surface area contributed by atoms with Gasteiger partial charge in [-0.15, -0.1) is 0 Å². The Morgan fingerprint density at radius 3 is 2.49 bits per heavy atom. The van der Waals surface area contributed by atoms with Gasteiger partial charge in [0.05, 0.1) is 11.4 Å². The molecule has 3 N–H and O–H groups in total. The molecule has 1 amide bonds. The number of nitrogens with two attached hydrogens (primary N) is 1. The maximum atomic E-state index is 14.6. The van der Waals surface area contributed by atoms with Crippen molar-refractivity contribution in [2.24, 2.45) is 5.41 Å². The molecule has 2 saturated heterocycles. The van der Waals surface area contributed by atoms with Crippen LogP contribution in [0.25, 0.3) is 5.69 Å². The molecule has 4 heterocycles. The molecule has 0 radical (unpaired) electrons. The molecule has 0 unspecified atom stereocenters. The van der Waals surface area contributed by atoms with Crippen LogP contribution < -0.4 is 15.4 Å². The van der Waals surface area contributed by atoms with E-state index in [4.69, 9.17) is 15.2 Å². The van der Waals surface area contributed by atoms with Crippen molar-refractivity contribution in [2.75, 3.05) is 30.3 Å². The van der Waals surface area contributed by atoms with Crippen LogP contribution in [0, 0.1) is 12.3 Å². The molecule has 0 saturated carbocycles. The molecule has 1 spiro atoms. The van der Waals surface area contributed by atoms with Crippen molar-refractivity contribution in [2.45, 2.75) is 51.1 Å². The number of anilines is 2. The van der Waals surface area contributed by atoms with E-state index in [2.05, 4.69) is 31.0 Å². The van der Waals surface area contributed by atoms with E-state index >= 15 is 0 Å². The number of hydrogen-bond donors (Lipinski definition) is 2. The van der Waals surface area contributed by atoms with E-state index in [0.29, 0.717) is 36.1 Å². The highest BCUT2D eigenvalue weighted by molar-refractivity contribution is 9.10. The minimum atomic E-state index is -4.84. The zero-order chi connectivity index (χ0) is 34.9. The van der Waals surface area contributed by atoms with Crippen molar-refractivity contribution in [3.8, 4) is 11.6 Å². The summed E-state index contributed by atoms with van der Waals surface area (Å²) in [7, 11) is 0. The topological polar surface area (TPSA) is 149 Å². The molecule has 12 nitrogen and oxygen atoms in total. The highest BCUT2D eigenvalue weighted by Crippen LogP contribution is 2.45. The standard InChI is InChI=1S/C33H33BrF3N7O5/c1-20-9-12-44(41-20)24-8-7-22(34)15-23(24)28(33(35,36)37)49-27-16-26(39-30(38)40-27)42-13-10-32(11-14-42)17-25(29(45)46)43(19-32)31(47)48-18-21-5-3-2-4-6-21/h2-9,12,15-16,25,28H,10-11,13-14,17-19H2,1H3,(H,45,46)(H2,38,39,40)/t25-,28+/m0/s1. The predicted molar refractivity (Wildman–Crippen MR) is 175 cm³/mol. The fraction of sp³-hybridized carbons (Fsp3) is 0.364. The first-order chi connectivity index (χ1) is 23.3. The number of likely N-dealkylation sites (tertiary alicyclic amines) is 1. The van der Waals surface area contributed by atoms with Gasteiger partial charge in [0.2, 0.25) is 17.9 Å². The van der Waals surface area contributed by atoms with Crippen molar-refractivity contribution >= 4 is 39.8 Å². The first-order valence-electron chi connectivity index (χ1n) is 15.5. The summed E-state index contributed by atoms with van der Waals surface area (Å²) in [6.07, 6.45) is -5.16. The number of aryl methyl sites for hydroxylation is 1. The summed E-state index contributed by atoms with van der Waals surface area (Å²) in [5.74, 6) is -1.49. The SMILES string of the molecule is Cc1ccn(-c2ccc(Br)cc2[C@@H](Oc2cc(N3CCC4(CC3)C[C@@H](C(=O)O)N(C(=O)OCc3ccccc3)C4)nc(N)n2)C(F)(F)F)n1. The number of halogens is 4. The van der Waals surface area contributed by atoms with Gasteiger partial charge in [-0.25, -0.2) is 14.3 Å². The van der Waals surface area contributed by atoms with Crippen molar-refractivity contribution in [3.05, 3.63) is 88.2 Å². The predicted octanol–water partition coefficient (Wildman–Crippen LogP) is 6.08. The minimum absolute atomic E-state index is 0.0177. The lowest BCUT2D eigenvalue weighted by molar-refractivity contribution is -0.198. The largest absolute Gasteiger partial charge is 0.480 e. The second-order valence-corrected chi connectivity index (χ2v) is 13.2. The fourth-order valence-electron chi connectivity index (χ4n) is 6.42. The summed E-state index contributed by atoms with van der Waals surface area (Å²) >= 11 is 3.27. The molecule has 0 aliphatic carbocycles. The van der Waals surface area contributed by atoms with E-state index < -0.39 is 35.8 Å². The molecule has 0 bridgehead atoms. The zero-order valence-electron chi connectivity index (χ0n) is 26.3. The summed E-state index contributed by atoms with van der Waals surface area (Å²) < 4.78 is 56.7. The Morgan fingerprint density at radius 2 is 1.84 bits per heavy atom. The van der Waals surface area contributed by atoms with Crippen LogP contribution in [0.3, 0.4) is 0 Å². The van der Waals surface area contributed by atoms with Crippen molar-refractivity contribution < 1.29 is 37.3 Å². The Hall–Kier alpha value is -4.86. The van der Waals surface area contributed by atoms with Gasteiger partial charge in [-0.2, -0.15) is 28.2 Å². The molecule has 2 aromatic carbocycles. The van der Waals surface area contributed by atoms with Crippen molar-refractivity contribution in [1.82, 2.24) is 24.6 Å². The molecule has 49 heavy (non-hydrogen) atoms. The van der Waals surface area contributed by atoms with Gasteiger partial charge in [-0.05, 0) is 61.4 Å². The number of carboxylic acid groups (broad SMARTS) is 1. The number of aromatic nitrogens is 4. The second kappa shape index (κ2) is 13.6. The van der Waals surface area contributed by atoms with E-state index in [1.165, 1.54) is 27.8 Å². The zero-order valence-corrected chi connectivity index (χ0v) is 27.9. The Labute approximate surface area is 287 Å². The number of carbonyl (C=O) groups excluding carboxylic acids is 1. The van der Waals surface area contributed by atoms with Crippen LogP contribution in [0.4, 0.5) is 29.7 Å². The number of piperidine rings is 1. The minimum Gasteiger partial charge on any atom is -0.480 e. The van der Waals surface area contributed by atoms with Crippen LogP contribution in [-0.4, -0.2) is 73.7 Å². The Morgan fingerprint density at radius 1 is 1.10 bits per heavy atom. The van der Waals surface area contributed by atoms with E-state index in [0.717, 1.165) is 5.56 Å². The number of nitrogens with zero attached hydrogens (tertiary/aromatic N) is 6. The van der Waals surface area contributed by atoms with E-state index in [1.54, 1.807) is 25.3 Å². The molecule has 2 fully saturated rings. The number of nitrogen functional groups attached to an aromatic ring is 1. The number of alkyl halides is 3. The number of carboxylic acids is 1. The molecular weight excluding hydrogens is 711 g/mol. The van der Waals surface area contributed by atoms with Crippen LogP contribution in [0.1, 0.15) is 42.2 Å². The third kappa shape index (κ3) is 7.58. The number of ether oxygens (including phenoxy) is 2. The molecule has 2 atom stereocenters. The summed E-state index contributed by atoms with van der Waals surface area (Å²) in [4.78, 5) is 36.5. The van der Waals surface area contributed by atoms with Crippen LogP contribution >= 0.6 is 15.9 Å². The average Bonchev–Trinajstić information content (AvgIpc) is 3.66. The molecule has 2 aliphatic heterocycles. The first kappa shape index (κ1) is 34.0. The molecule has 2 aromatic heterocycles. The quantitative estimate of drug-likeness (QED) is 0.218. The molecule has 2 aliphatic rings.